The lowest BCUT2D eigenvalue weighted by Crippen LogP contribution is -1.96. The van der Waals surface area contributed by atoms with Gasteiger partial charge in [0.05, 0.1) is 0 Å². The maximum atomic E-state index is 13.4. The Bertz CT molecular complexity index is 630. The molecule has 0 atom stereocenters. The van der Waals surface area contributed by atoms with Crippen molar-refractivity contribution in [2.45, 2.75) is 6.92 Å². The molecule has 2 aromatic rings. The number of carbonyl (C=O) groups is 1. The number of allylic oxidation sites excluding steroid dienone is 1. The largest absolute Gasteiger partial charge is 0.399 e. The van der Waals surface area contributed by atoms with Crippen molar-refractivity contribution in [3.8, 4) is 0 Å². The van der Waals surface area contributed by atoms with Crippen molar-refractivity contribution in [3.05, 3.63) is 71.0 Å². The summed E-state index contributed by atoms with van der Waals surface area (Å²) < 4.78 is 13.4. The summed E-state index contributed by atoms with van der Waals surface area (Å²) in [5, 5.41) is 0. The molecule has 0 aliphatic carbocycles. The van der Waals surface area contributed by atoms with Gasteiger partial charge in [-0.15, -0.1) is 0 Å². The highest BCUT2D eigenvalue weighted by Gasteiger charge is 2.04. The molecular formula is C16H14FNO. The zero-order valence-electron chi connectivity index (χ0n) is 10.6. The summed E-state index contributed by atoms with van der Waals surface area (Å²) in [5.74, 6) is -0.595. The Hall–Kier alpha value is -2.42. The Kier molecular flexibility index (Phi) is 3.76. The average molecular weight is 255 g/mol. The lowest BCUT2D eigenvalue weighted by Gasteiger charge is -1.99. The van der Waals surface area contributed by atoms with E-state index in [1.807, 2.05) is 12.1 Å². The van der Waals surface area contributed by atoms with Gasteiger partial charge in [0.15, 0.2) is 5.78 Å². The van der Waals surface area contributed by atoms with Gasteiger partial charge in [0, 0.05) is 11.3 Å². The number of hydrogen-bond acceptors (Lipinski definition) is 2. The summed E-state index contributed by atoms with van der Waals surface area (Å²) in [6.45, 7) is 1.66. The number of nitrogens with two attached hydrogens (primary N) is 1. The maximum absolute atomic E-state index is 13.4. The van der Waals surface area contributed by atoms with Crippen LogP contribution < -0.4 is 5.73 Å². The predicted octanol–water partition coefficient (Wildman–Crippen LogP) is 3.61. The Morgan fingerprint density at radius 1 is 1.16 bits per heavy atom. The van der Waals surface area contributed by atoms with Crippen LogP contribution in [0.25, 0.3) is 6.08 Å². The highest BCUT2D eigenvalue weighted by molar-refractivity contribution is 6.06. The van der Waals surface area contributed by atoms with E-state index in [9.17, 15) is 9.18 Å². The van der Waals surface area contributed by atoms with E-state index in [4.69, 9.17) is 5.73 Å². The van der Waals surface area contributed by atoms with E-state index in [1.54, 1.807) is 37.3 Å². The molecule has 2 aromatic carbocycles. The van der Waals surface area contributed by atoms with Gasteiger partial charge in [0.2, 0.25) is 0 Å². The van der Waals surface area contributed by atoms with Crippen LogP contribution in [0.15, 0.2) is 48.5 Å². The fourth-order valence-electron chi connectivity index (χ4n) is 1.62. The first-order valence-corrected chi connectivity index (χ1v) is 5.90. The highest BCUT2D eigenvalue weighted by Crippen LogP contribution is 2.12. The molecule has 2 nitrogen and oxygen atoms in total. The standard InChI is InChI=1S/C16H14FNO/c1-11-2-6-13(10-15(11)17)16(19)9-5-12-3-7-14(18)8-4-12/h2-10H,18H2,1H3/b9-5+. The molecule has 3 heteroatoms. The van der Waals surface area contributed by atoms with Crippen LogP contribution in [0.1, 0.15) is 21.5 Å². The number of carbonyl (C=O) groups excluding carboxylic acids is 1. The topological polar surface area (TPSA) is 43.1 Å². The molecule has 0 bridgehead atoms. The minimum Gasteiger partial charge on any atom is -0.399 e. The zero-order chi connectivity index (χ0) is 13.8. The number of ketones is 1. The van der Waals surface area contributed by atoms with Crippen LogP contribution in [-0.2, 0) is 0 Å². The molecular weight excluding hydrogens is 241 g/mol. The Labute approximate surface area is 111 Å². The quantitative estimate of drug-likeness (QED) is 0.517. The number of benzene rings is 2. The van der Waals surface area contributed by atoms with Crippen molar-refractivity contribution in [3.63, 3.8) is 0 Å². The second-order valence-electron chi connectivity index (χ2n) is 4.33. The SMILES string of the molecule is Cc1ccc(C(=O)/C=C/c2ccc(N)cc2)cc1F. The highest BCUT2D eigenvalue weighted by atomic mass is 19.1. The minimum atomic E-state index is -0.369. The normalized spacial score (nSPS) is 10.8. The first-order chi connectivity index (χ1) is 9.06. The smallest absolute Gasteiger partial charge is 0.185 e. The van der Waals surface area contributed by atoms with Crippen molar-refractivity contribution in [2.24, 2.45) is 0 Å². The number of rotatable bonds is 3. The van der Waals surface area contributed by atoms with Crippen LogP contribution in [-0.4, -0.2) is 5.78 Å². The van der Waals surface area contributed by atoms with E-state index in [-0.39, 0.29) is 11.6 Å². The number of halogens is 1. The van der Waals surface area contributed by atoms with Crippen molar-refractivity contribution in [1.29, 1.82) is 0 Å². The molecule has 0 aliphatic rings. The predicted molar refractivity (Wildman–Crippen MR) is 75.4 cm³/mol. The van der Waals surface area contributed by atoms with Gasteiger partial charge < -0.3 is 5.73 Å². The van der Waals surface area contributed by atoms with Crippen LogP contribution >= 0.6 is 0 Å². The Morgan fingerprint density at radius 2 is 1.84 bits per heavy atom. The Balaban J connectivity index is 2.16. The monoisotopic (exact) mass is 255 g/mol. The third-order valence-corrected chi connectivity index (χ3v) is 2.82. The molecule has 0 spiro atoms. The van der Waals surface area contributed by atoms with Crippen LogP contribution in [0.4, 0.5) is 10.1 Å². The number of aryl methyl sites for hydroxylation is 1. The van der Waals surface area contributed by atoms with E-state index in [1.165, 1.54) is 12.1 Å². The summed E-state index contributed by atoms with van der Waals surface area (Å²) in [4.78, 5) is 11.9. The number of nitrogen functional groups attached to an aromatic ring is 1. The molecule has 96 valence electrons. The molecule has 0 unspecified atom stereocenters. The van der Waals surface area contributed by atoms with Gasteiger partial charge in [0.25, 0.3) is 0 Å². The second-order valence-corrected chi connectivity index (χ2v) is 4.33. The molecule has 0 aromatic heterocycles. The molecule has 0 heterocycles. The van der Waals surface area contributed by atoms with Crippen molar-refractivity contribution >= 4 is 17.5 Å². The molecule has 2 rings (SSSR count). The fourth-order valence-corrected chi connectivity index (χ4v) is 1.62. The Morgan fingerprint density at radius 3 is 2.47 bits per heavy atom. The van der Waals surface area contributed by atoms with Gasteiger partial charge >= 0.3 is 0 Å². The van der Waals surface area contributed by atoms with Crippen LogP contribution in [0.3, 0.4) is 0 Å². The third kappa shape index (κ3) is 3.28. The average Bonchev–Trinajstić information content (AvgIpc) is 2.41. The molecule has 0 aliphatic heterocycles. The molecule has 19 heavy (non-hydrogen) atoms. The van der Waals surface area contributed by atoms with Crippen LogP contribution in [0, 0.1) is 12.7 Å². The van der Waals surface area contributed by atoms with E-state index >= 15 is 0 Å². The van der Waals surface area contributed by atoms with E-state index in [2.05, 4.69) is 0 Å². The molecule has 0 radical (unpaired) electrons. The zero-order valence-corrected chi connectivity index (χ0v) is 10.6. The molecule has 0 fully saturated rings. The summed E-state index contributed by atoms with van der Waals surface area (Å²) in [7, 11) is 0. The summed E-state index contributed by atoms with van der Waals surface area (Å²) >= 11 is 0. The van der Waals surface area contributed by atoms with Gasteiger partial charge in [-0.05, 0) is 42.3 Å². The summed E-state index contributed by atoms with van der Waals surface area (Å²) in [6.07, 6.45) is 3.11. The first kappa shape index (κ1) is 13.0. The van der Waals surface area contributed by atoms with Crippen LogP contribution in [0.5, 0.6) is 0 Å². The summed E-state index contributed by atoms with van der Waals surface area (Å²) in [6, 6.07) is 11.6. The van der Waals surface area contributed by atoms with Crippen molar-refractivity contribution in [1.82, 2.24) is 0 Å². The van der Waals surface area contributed by atoms with E-state index < -0.39 is 0 Å². The molecule has 0 saturated heterocycles. The van der Waals surface area contributed by atoms with Gasteiger partial charge in [-0.1, -0.05) is 30.3 Å². The third-order valence-electron chi connectivity index (χ3n) is 2.82. The first-order valence-electron chi connectivity index (χ1n) is 5.90. The van der Waals surface area contributed by atoms with Gasteiger partial charge in [-0.2, -0.15) is 0 Å². The van der Waals surface area contributed by atoms with Gasteiger partial charge in [0.1, 0.15) is 5.82 Å². The second kappa shape index (κ2) is 5.48. The minimum absolute atomic E-state index is 0.226. The lowest BCUT2D eigenvalue weighted by molar-refractivity contribution is 0.104. The van der Waals surface area contributed by atoms with E-state index in [0.717, 1.165) is 5.56 Å². The van der Waals surface area contributed by atoms with Crippen molar-refractivity contribution in [2.75, 3.05) is 5.73 Å². The summed E-state index contributed by atoms with van der Waals surface area (Å²) in [5.41, 5.74) is 7.98. The van der Waals surface area contributed by atoms with Crippen molar-refractivity contribution < 1.29 is 9.18 Å². The van der Waals surface area contributed by atoms with Gasteiger partial charge in [-0.25, -0.2) is 4.39 Å². The fraction of sp³-hybridized carbons (Fsp3) is 0.0625. The van der Waals surface area contributed by atoms with E-state index in [0.29, 0.717) is 16.8 Å². The lowest BCUT2D eigenvalue weighted by atomic mass is 10.1. The molecule has 0 saturated carbocycles. The van der Waals surface area contributed by atoms with Crippen LogP contribution in [0.2, 0.25) is 0 Å². The van der Waals surface area contributed by atoms with Gasteiger partial charge in [-0.3, -0.25) is 4.79 Å². The maximum Gasteiger partial charge on any atom is 0.185 e. The molecule has 0 amide bonds. The number of hydrogen-bond donors (Lipinski definition) is 1. The molecule has 2 N–H and O–H groups in total. The number of anilines is 1.